The number of unbranched alkanes of at least 4 members (excludes halogenated alkanes) is 4. The third kappa shape index (κ3) is 34.7. The van der Waals surface area contributed by atoms with Crippen molar-refractivity contribution in [1.29, 1.82) is 0 Å². The van der Waals surface area contributed by atoms with Crippen LogP contribution in [0.15, 0.2) is 0 Å². The molecule has 0 fully saturated rings. The summed E-state index contributed by atoms with van der Waals surface area (Å²) in [6.07, 6.45) is 14.1. The molecule has 0 rings (SSSR count). The molecule has 9 heteroatoms. The Bertz CT molecular complexity index is 509. The molecule has 0 aliphatic carbocycles. The zero-order valence-electron chi connectivity index (χ0n) is 27.3. The Morgan fingerprint density at radius 1 is 0.390 bits per heavy atom. The van der Waals surface area contributed by atoms with Crippen molar-refractivity contribution in [2.75, 3.05) is 0 Å². The van der Waals surface area contributed by atoms with Crippen molar-refractivity contribution in [3.05, 3.63) is 0 Å². The van der Waals surface area contributed by atoms with E-state index in [2.05, 4.69) is 27.7 Å². The molecule has 4 unspecified atom stereocenters. The van der Waals surface area contributed by atoms with Gasteiger partial charge < -0.3 is 39.6 Å². The van der Waals surface area contributed by atoms with Gasteiger partial charge in [-0.2, -0.15) is 0 Å². The predicted octanol–water partition coefficient (Wildman–Crippen LogP) is 3.81. The number of rotatable bonds is 20. The average Bonchev–Trinajstić information content (AvgIpc) is 2.91. The molecule has 0 amide bonds. The molecule has 0 saturated carbocycles. The topological polar surface area (TPSA) is 161 Å². The number of carboxylic acid groups (broad SMARTS) is 4. The van der Waals surface area contributed by atoms with E-state index < -0.39 is 23.9 Å². The molecule has 0 radical (unpaired) electrons. The van der Waals surface area contributed by atoms with Gasteiger partial charge in [0, 0.05) is 23.9 Å². The molecule has 41 heavy (non-hydrogen) atoms. The van der Waals surface area contributed by atoms with Crippen LogP contribution in [-0.2, 0) is 40.2 Å². The van der Waals surface area contributed by atoms with Gasteiger partial charge in [-0.3, -0.25) is 0 Å². The van der Waals surface area contributed by atoms with Crippen LogP contribution in [0, 0.1) is 23.7 Å². The second-order valence-electron chi connectivity index (χ2n) is 10.3. The van der Waals surface area contributed by atoms with Crippen LogP contribution >= 0.6 is 0 Å². The summed E-state index contributed by atoms with van der Waals surface area (Å²) in [6.45, 7) is 15.8. The molecule has 0 aromatic heterocycles. The van der Waals surface area contributed by atoms with E-state index in [9.17, 15) is 39.6 Å². The Morgan fingerprint density at radius 2 is 0.537 bits per heavy atom. The SMILES string of the molecule is CCCCC(CC)C(=O)[O-].CCCCC(CC)C(=O)[O-].CCCCC(CC)C(=O)[O-].CCCCC(CC)C(=O)[O-].[Mo+4]. The largest absolute Gasteiger partial charge is 4.00 e. The second-order valence-corrected chi connectivity index (χ2v) is 10.3. The van der Waals surface area contributed by atoms with E-state index in [1.807, 2.05) is 27.7 Å². The second kappa shape index (κ2) is 36.6. The summed E-state index contributed by atoms with van der Waals surface area (Å²) in [5.74, 6) is -4.46. The number of aliphatic carboxylic acids is 4. The third-order valence-corrected chi connectivity index (χ3v) is 6.93. The van der Waals surface area contributed by atoms with Crippen LogP contribution in [0.1, 0.15) is 158 Å². The molecule has 0 aliphatic heterocycles. The number of carboxylic acids is 4. The van der Waals surface area contributed by atoms with E-state index in [1.165, 1.54) is 0 Å². The fourth-order valence-electron chi connectivity index (χ4n) is 3.76. The minimum absolute atomic E-state index is 0. The van der Waals surface area contributed by atoms with Crippen molar-refractivity contribution in [3.8, 4) is 0 Å². The first-order valence-electron chi connectivity index (χ1n) is 15.7. The van der Waals surface area contributed by atoms with Crippen LogP contribution in [0.25, 0.3) is 0 Å². The smallest absolute Gasteiger partial charge is 0.550 e. The Balaban J connectivity index is -0.000000139. The molecule has 0 saturated heterocycles. The molecule has 0 aromatic rings. The van der Waals surface area contributed by atoms with Gasteiger partial charge in [-0.25, -0.2) is 0 Å². The standard InChI is InChI=1S/4C8H16O2.Mo/c4*1-3-5-6-7(4-2)8(9)10;/h4*7H,3-6H2,1-2H3,(H,9,10);/q;;;;+4/p-4. The van der Waals surface area contributed by atoms with E-state index >= 15 is 0 Å². The van der Waals surface area contributed by atoms with Gasteiger partial charge in [-0.1, -0.05) is 107 Å². The van der Waals surface area contributed by atoms with Crippen LogP contribution in [0.5, 0.6) is 0 Å². The fraction of sp³-hybridized carbons (Fsp3) is 0.875. The average molecular weight is 669 g/mol. The maximum absolute atomic E-state index is 10.3. The van der Waals surface area contributed by atoms with E-state index in [0.29, 0.717) is 25.7 Å². The molecular weight excluding hydrogens is 608 g/mol. The van der Waals surface area contributed by atoms with Gasteiger partial charge in [-0.15, -0.1) is 0 Å². The van der Waals surface area contributed by atoms with E-state index in [0.717, 1.165) is 77.0 Å². The van der Waals surface area contributed by atoms with Gasteiger partial charge in [0.05, 0.1) is 0 Å². The number of hydrogen-bond donors (Lipinski definition) is 0. The molecular formula is C32H60MoO8. The fourth-order valence-corrected chi connectivity index (χ4v) is 3.76. The summed E-state index contributed by atoms with van der Waals surface area (Å²) in [6, 6.07) is 0. The summed E-state index contributed by atoms with van der Waals surface area (Å²) >= 11 is 0. The molecule has 0 bridgehead atoms. The van der Waals surface area contributed by atoms with Crippen molar-refractivity contribution < 1.29 is 60.7 Å². The maximum atomic E-state index is 10.3. The molecule has 0 aromatic carbocycles. The number of carbonyl (C=O) groups is 4. The molecule has 242 valence electrons. The van der Waals surface area contributed by atoms with E-state index in [4.69, 9.17) is 0 Å². The first kappa shape index (κ1) is 49.3. The van der Waals surface area contributed by atoms with Gasteiger partial charge in [0.15, 0.2) is 0 Å². The van der Waals surface area contributed by atoms with Crippen molar-refractivity contribution in [2.24, 2.45) is 23.7 Å². The number of hydrogen-bond acceptors (Lipinski definition) is 8. The molecule has 4 atom stereocenters. The van der Waals surface area contributed by atoms with Crippen LogP contribution < -0.4 is 20.4 Å². The van der Waals surface area contributed by atoms with Crippen molar-refractivity contribution >= 4 is 23.9 Å². The van der Waals surface area contributed by atoms with Gasteiger partial charge in [0.2, 0.25) is 0 Å². The summed E-state index contributed by atoms with van der Waals surface area (Å²) in [4.78, 5) is 41.3. The Labute approximate surface area is 265 Å². The Morgan fingerprint density at radius 3 is 0.610 bits per heavy atom. The Kier molecular flexibility index (Phi) is 44.0. The summed E-state index contributed by atoms with van der Waals surface area (Å²) < 4.78 is 0. The molecule has 0 N–H and O–H groups in total. The van der Waals surface area contributed by atoms with Gasteiger partial charge in [0.25, 0.3) is 0 Å². The quantitative estimate of drug-likeness (QED) is 0.177. The predicted molar refractivity (Wildman–Crippen MR) is 153 cm³/mol. The van der Waals surface area contributed by atoms with Crippen LogP contribution in [0.2, 0.25) is 0 Å². The summed E-state index contributed by atoms with van der Waals surface area (Å²) in [5, 5.41) is 41.3. The molecule has 0 heterocycles. The van der Waals surface area contributed by atoms with Crippen LogP contribution in [0.4, 0.5) is 0 Å². The third-order valence-electron chi connectivity index (χ3n) is 6.93. The van der Waals surface area contributed by atoms with Crippen LogP contribution in [0.3, 0.4) is 0 Å². The van der Waals surface area contributed by atoms with Crippen LogP contribution in [-0.4, -0.2) is 23.9 Å². The minimum Gasteiger partial charge on any atom is -0.550 e. The zero-order chi connectivity index (χ0) is 31.9. The minimum atomic E-state index is -0.893. The van der Waals surface area contributed by atoms with E-state index in [1.54, 1.807) is 0 Å². The Hall–Kier alpha value is -1.43. The first-order chi connectivity index (χ1) is 18.9. The van der Waals surface area contributed by atoms with Gasteiger partial charge in [-0.05, 0) is 75.0 Å². The van der Waals surface area contributed by atoms with Gasteiger partial charge in [0.1, 0.15) is 0 Å². The zero-order valence-corrected chi connectivity index (χ0v) is 29.3. The summed E-state index contributed by atoms with van der Waals surface area (Å²) in [7, 11) is 0. The summed E-state index contributed by atoms with van der Waals surface area (Å²) in [5.41, 5.74) is 0. The van der Waals surface area contributed by atoms with Crippen molar-refractivity contribution in [1.82, 2.24) is 0 Å². The molecule has 8 nitrogen and oxygen atoms in total. The first-order valence-corrected chi connectivity index (χ1v) is 15.7. The normalized spacial score (nSPS) is 12.7. The van der Waals surface area contributed by atoms with Crippen molar-refractivity contribution in [2.45, 2.75) is 158 Å². The molecule has 0 aliphatic rings. The van der Waals surface area contributed by atoms with E-state index in [-0.39, 0.29) is 44.7 Å². The number of carbonyl (C=O) groups excluding carboxylic acids is 4. The van der Waals surface area contributed by atoms with Gasteiger partial charge >= 0.3 is 21.1 Å². The van der Waals surface area contributed by atoms with Crippen molar-refractivity contribution in [3.63, 3.8) is 0 Å². The molecule has 0 spiro atoms. The maximum Gasteiger partial charge on any atom is 4.00 e. The monoisotopic (exact) mass is 670 g/mol.